The van der Waals surface area contributed by atoms with Crippen LogP contribution in [-0.4, -0.2) is 68.2 Å². The van der Waals surface area contributed by atoms with Crippen LogP contribution in [0.25, 0.3) is 0 Å². The monoisotopic (exact) mass is 259 g/mol. The van der Waals surface area contributed by atoms with Gasteiger partial charge in [0.1, 0.15) is 5.60 Å². The van der Waals surface area contributed by atoms with Gasteiger partial charge in [0.25, 0.3) is 6.47 Å². The second-order valence-corrected chi connectivity index (χ2v) is 5.24. The number of ether oxygens (including phenoxy) is 1. The third kappa shape index (κ3) is 7.89. The number of carbonyl (C=O) groups is 2. The SMILES string of the molecule is CC(C)(C)OC=O.CN(C)C(=O)N1CCNCC1. The summed E-state index contributed by atoms with van der Waals surface area (Å²) in [6, 6.07) is 0.117. The molecule has 1 aliphatic heterocycles. The molecule has 0 aromatic rings. The van der Waals surface area contributed by atoms with Gasteiger partial charge in [-0.15, -0.1) is 0 Å². The van der Waals surface area contributed by atoms with E-state index in [1.165, 1.54) is 0 Å². The van der Waals surface area contributed by atoms with Gasteiger partial charge in [0, 0.05) is 40.3 Å². The zero-order chi connectivity index (χ0) is 14.2. The van der Waals surface area contributed by atoms with Gasteiger partial charge in [0.05, 0.1) is 0 Å². The molecule has 106 valence electrons. The lowest BCUT2D eigenvalue weighted by Crippen LogP contribution is -2.49. The smallest absolute Gasteiger partial charge is 0.319 e. The van der Waals surface area contributed by atoms with E-state index < -0.39 is 0 Å². The Morgan fingerprint density at radius 3 is 2.06 bits per heavy atom. The fourth-order valence-corrected chi connectivity index (χ4v) is 1.28. The van der Waals surface area contributed by atoms with Gasteiger partial charge in [0.2, 0.25) is 0 Å². The fourth-order valence-electron chi connectivity index (χ4n) is 1.28. The molecule has 0 aromatic carbocycles. The number of nitrogens with one attached hydrogen (secondary N) is 1. The summed E-state index contributed by atoms with van der Waals surface area (Å²) < 4.78 is 4.55. The van der Waals surface area contributed by atoms with E-state index in [9.17, 15) is 9.59 Å². The molecule has 1 rings (SSSR count). The number of amides is 2. The first-order valence-electron chi connectivity index (χ1n) is 6.06. The van der Waals surface area contributed by atoms with E-state index in [0.29, 0.717) is 6.47 Å². The van der Waals surface area contributed by atoms with Gasteiger partial charge in [-0.1, -0.05) is 0 Å². The van der Waals surface area contributed by atoms with Crippen LogP contribution in [0.3, 0.4) is 0 Å². The van der Waals surface area contributed by atoms with Gasteiger partial charge in [-0.2, -0.15) is 0 Å². The maximum absolute atomic E-state index is 11.3. The lowest BCUT2D eigenvalue weighted by molar-refractivity contribution is -0.138. The van der Waals surface area contributed by atoms with Crippen LogP contribution >= 0.6 is 0 Å². The van der Waals surface area contributed by atoms with E-state index in [0.717, 1.165) is 26.2 Å². The molecule has 0 bridgehead atoms. The minimum absolute atomic E-state index is 0.117. The largest absolute Gasteiger partial charge is 0.462 e. The maximum Gasteiger partial charge on any atom is 0.319 e. The summed E-state index contributed by atoms with van der Waals surface area (Å²) in [5, 5.41) is 3.20. The molecule has 1 heterocycles. The minimum atomic E-state index is -0.318. The third-order valence-electron chi connectivity index (χ3n) is 2.17. The van der Waals surface area contributed by atoms with Crippen LogP contribution in [0.1, 0.15) is 20.8 Å². The minimum Gasteiger partial charge on any atom is -0.462 e. The topological polar surface area (TPSA) is 61.9 Å². The van der Waals surface area contributed by atoms with Crippen molar-refractivity contribution < 1.29 is 14.3 Å². The summed E-state index contributed by atoms with van der Waals surface area (Å²) in [5.41, 5.74) is -0.318. The second-order valence-electron chi connectivity index (χ2n) is 5.24. The average Bonchev–Trinajstić information content (AvgIpc) is 2.28. The third-order valence-corrected chi connectivity index (χ3v) is 2.17. The van der Waals surface area contributed by atoms with Gasteiger partial charge in [-0.3, -0.25) is 4.79 Å². The second kappa shape index (κ2) is 7.92. The molecule has 6 nitrogen and oxygen atoms in total. The molecule has 1 N–H and O–H groups in total. The van der Waals surface area contributed by atoms with Crippen molar-refractivity contribution in [2.75, 3.05) is 40.3 Å². The summed E-state index contributed by atoms with van der Waals surface area (Å²) in [6.07, 6.45) is 0. The quantitative estimate of drug-likeness (QED) is 0.698. The number of hydrogen-bond acceptors (Lipinski definition) is 4. The van der Waals surface area contributed by atoms with Gasteiger partial charge in [-0.05, 0) is 20.8 Å². The van der Waals surface area contributed by atoms with Crippen molar-refractivity contribution >= 4 is 12.5 Å². The number of carbonyl (C=O) groups excluding carboxylic acids is 2. The van der Waals surface area contributed by atoms with Gasteiger partial charge >= 0.3 is 6.03 Å². The first-order valence-corrected chi connectivity index (χ1v) is 6.06. The van der Waals surface area contributed by atoms with Crippen molar-refractivity contribution in [1.82, 2.24) is 15.1 Å². The van der Waals surface area contributed by atoms with Crippen molar-refractivity contribution in [1.29, 1.82) is 0 Å². The maximum atomic E-state index is 11.3. The molecular weight excluding hydrogens is 234 g/mol. The molecule has 6 heteroatoms. The summed E-state index contributed by atoms with van der Waals surface area (Å²) in [7, 11) is 3.56. The summed E-state index contributed by atoms with van der Waals surface area (Å²) >= 11 is 0. The normalized spacial score (nSPS) is 15.3. The Balaban J connectivity index is 0.000000360. The Kier molecular flexibility index (Phi) is 7.35. The van der Waals surface area contributed by atoms with Crippen LogP contribution in [0.15, 0.2) is 0 Å². The van der Waals surface area contributed by atoms with Crippen LogP contribution in [-0.2, 0) is 9.53 Å². The first kappa shape index (κ1) is 16.7. The molecular formula is C12H25N3O3. The van der Waals surface area contributed by atoms with Crippen molar-refractivity contribution in [2.45, 2.75) is 26.4 Å². The molecule has 1 fully saturated rings. The molecule has 18 heavy (non-hydrogen) atoms. The molecule has 0 spiro atoms. The van der Waals surface area contributed by atoms with Crippen molar-refractivity contribution in [3.05, 3.63) is 0 Å². The Morgan fingerprint density at radius 2 is 1.78 bits per heavy atom. The molecule has 1 saturated heterocycles. The molecule has 0 aromatic heterocycles. The van der Waals surface area contributed by atoms with Crippen LogP contribution < -0.4 is 5.32 Å². The molecule has 0 aliphatic carbocycles. The van der Waals surface area contributed by atoms with Crippen molar-refractivity contribution in [3.8, 4) is 0 Å². The van der Waals surface area contributed by atoms with Crippen LogP contribution in [0.4, 0.5) is 4.79 Å². The summed E-state index contributed by atoms with van der Waals surface area (Å²) in [4.78, 5) is 24.4. The molecule has 0 atom stereocenters. The molecule has 0 unspecified atom stereocenters. The highest BCUT2D eigenvalue weighted by Crippen LogP contribution is 2.02. The van der Waals surface area contributed by atoms with E-state index in [2.05, 4.69) is 10.1 Å². The van der Waals surface area contributed by atoms with Crippen molar-refractivity contribution in [3.63, 3.8) is 0 Å². The standard InChI is InChI=1S/C7H15N3O.C5H10O2/c1-9(2)7(11)10-5-3-8-4-6-10;1-5(2,3)7-4-6/h8H,3-6H2,1-2H3;4H,1-3H3. The Hall–Kier alpha value is -1.30. The first-order chi connectivity index (χ1) is 8.28. The fraction of sp³-hybridized carbons (Fsp3) is 0.833. The average molecular weight is 259 g/mol. The highest BCUT2D eigenvalue weighted by Gasteiger charge is 2.16. The number of piperazine rings is 1. The zero-order valence-corrected chi connectivity index (χ0v) is 12.0. The lowest BCUT2D eigenvalue weighted by Gasteiger charge is -2.29. The highest BCUT2D eigenvalue weighted by atomic mass is 16.5. The lowest BCUT2D eigenvalue weighted by atomic mass is 10.2. The number of urea groups is 1. The van der Waals surface area contributed by atoms with Gasteiger partial charge in [-0.25, -0.2) is 4.79 Å². The van der Waals surface area contributed by atoms with E-state index in [4.69, 9.17) is 0 Å². The Morgan fingerprint density at radius 1 is 1.28 bits per heavy atom. The number of rotatable bonds is 1. The predicted octanol–water partition coefficient (Wildman–Crippen LogP) is 0.531. The van der Waals surface area contributed by atoms with Crippen LogP contribution in [0, 0.1) is 0 Å². The van der Waals surface area contributed by atoms with E-state index in [1.807, 2.05) is 25.7 Å². The Bertz CT molecular complexity index is 256. The van der Waals surface area contributed by atoms with Gasteiger partial charge < -0.3 is 19.9 Å². The van der Waals surface area contributed by atoms with Crippen molar-refractivity contribution in [2.24, 2.45) is 0 Å². The van der Waals surface area contributed by atoms with Crippen LogP contribution in [0.2, 0.25) is 0 Å². The highest BCUT2D eigenvalue weighted by molar-refractivity contribution is 5.73. The number of hydrogen-bond donors (Lipinski definition) is 1. The summed E-state index contributed by atoms with van der Waals surface area (Å²) in [6.45, 7) is 9.41. The Labute approximate surface area is 109 Å². The van der Waals surface area contributed by atoms with E-state index in [-0.39, 0.29) is 11.6 Å². The van der Waals surface area contributed by atoms with E-state index >= 15 is 0 Å². The van der Waals surface area contributed by atoms with Crippen LogP contribution in [0.5, 0.6) is 0 Å². The molecule has 1 aliphatic rings. The molecule has 0 saturated carbocycles. The predicted molar refractivity (Wildman–Crippen MR) is 70.4 cm³/mol. The van der Waals surface area contributed by atoms with E-state index in [1.54, 1.807) is 19.0 Å². The zero-order valence-electron chi connectivity index (χ0n) is 12.0. The number of nitrogens with zero attached hydrogens (tertiary/aromatic N) is 2. The van der Waals surface area contributed by atoms with Gasteiger partial charge in [0.15, 0.2) is 0 Å². The molecule has 2 amide bonds. The molecule has 0 radical (unpaired) electrons. The summed E-state index contributed by atoms with van der Waals surface area (Å²) in [5.74, 6) is 0.